The van der Waals surface area contributed by atoms with Crippen molar-refractivity contribution in [2.24, 2.45) is 0 Å². The van der Waals surface area contributed by atoms with E-state index in [1.807, 2.05) is 0 Å². The summed E-state index contributed by atoms with van der Waals surface area (Å²) in [5, 5.41) is 0. The van der Waals surface area contributed by atoms with Gasteiger partial charge in [-0.05, 0) is 6.92 Å². The van der Waals surface area contributed by atoms with Crippen molar-refractivity contribution < 1.29 is 68.7 Å². The number of hydrogen-bond donors (Lipinski definition) is 0. The van der Waals surface area contributed by atoms with Crippen LogP contribution in [-0.2, 0) is 0 Å². The molecule has 0 N–H and O–H groups in total. The van der Waals surface area contributed by atoms with Crippen LogP contribution in [0.2, 0.25) is 0 Å². The Morgan fingerprint density at radius 2 is 1.85 bits per heavy atom. The van der Waals surface area contributed by atoms with Crippen LogP contribution in [0.15, 0.2) is 12.3 Å². The molecule has 1 rings (SSSR count). The van der Waals surface area contributed by atoms with Gasteiger partial charge in [-0.1, -0.05) is 11.5 Å². The molecule has 0 aliphatic rings. The van der Waals surface area contributed by atoms with Crippen molar-refractivity contribution in [1.29, 1.82) is 0 Å². The van der Waals surface area contributed by atoms with Crippen LogP contribution < -0.4 is 56.8 Å². The van der Waals surface area contributed by atoms with E-state index in [9.17, 15) is 17.3 Å². The van der Waals surface area contributed by atoms with Crippen LogP contribution in [0.5, 0.6) is 0 Å². The number of rotatable bonds is 1. The van der Waals surface area contributed by atoms with Gasteiger partial charge in [0.2, 0.25) is 0 Å². The molecule has 7 heteroatoms. The van der Waals surface area contributed by atoms with E-state index in [2.05, 4.69) is 4.98 Å². The monoisotopic (exact) mass is 217 g/mol. The molecule has 0 bridgehead atoms. The predicted molar refractivity (Wildman–Crippen MR) is 37.6 cm³/mol. The van der Waals surface area contributed by atoms with Crippen LogP contribution in [0.1, 0.15) is 5.69 Å². The van der Waals surface area contributed by atoms with Crippen LogP contribution in [0.25, 0.3) is 0 Å². The van der Waals surface area contributed by atoms with Crippen molar-refractivity contribution in [2.75, 3.05) is 0 Å². The SMILES string of the molecule is Cc1nccc([B-](F)(F)F)c1F.[K+]. The molecule has 66 valence electrons. The molecule has 0 saturated heterocycles. The third-order valence-electron chi connectivity index (χ3n) is 1.45. The summed E-state index contributed by atoms with van der Waals surface area (Å²) >= 11 is 0. The van der Waals surface area contributed by atoms with Gasteiger partial charge in [0, 0.05) is 6.20 Å². The molecule has 0 spiro atoms. The zero-order chi connectivity index (χ0) is 9.35. The number of hydrogen-bond acceptors (Lipinski definition) is 1. The topological polar surface area (TPSA) is 12.9 Å². The first-order valence-corrected chi connectivity index (χ1v) is 3.24. The van der Waals surface area contributed by atoms with E-state index in [0.29, 0.717) is 6.07 Å². The van der Waals surface area contributed by atoms with Crippen LogP contribution >= 0.6 is 0 Å². The van der Waals surface area contributed by atoms with Gasteiger partial charge in [0.25, 0.3) is 0 Å². The van der Waals surface area contributed by atoms with E-state index < -0.39 is 18.3 Å². The number of pyridine rings is 1. The molecule has 0 aliphatic heterocycles. The average molecular weight is 217 g/mol. The van der Waals surface area contributed by atoms with Gasteiger partial charge < -0.3 is 12.9 Å². The zero-order valence-electron chi connectivity index (χ0n) is 7.19. The Labute approximate surface area is 115 Å². The van der Waals surface area contributed by atoms with Gasteiger partial charge >= 0.3 is 58.4 Å². The third-order valence-corrected chi connectivity index (χ3v) is 1.45. The Bertz CT molecular complexity index is 301. The molecule has 0 amide bonds. The van der Waals surface area contributed by atoms with Crippen molar-refractivity contribution in [3.05, 3.63) is 23.8 Å². The van der Waals surface area contributed by atoms with Gasteiger partial charge in [0.1, 0.15) is 5.82 Å². The van der Waals surface area contributed by atoms with Gasteiger partial charge in [-0.25, -0.2) is 4.39 Å². The van der Waals surface area contributed by atoms with Crippen molar-refractivity contribution >= 4 is 12.4 Å². The van der Waals surface area contributed by atoms with E-state index in [4.69, 9.17) is 0 Å². The first-order valence-electron chi connectivity index (χ1n) is 3.24. The molecule has 0 aromatic carbocycles. The molecular formula is C6H5BF4KN. The fraction of sp³-hybridized carbons (Fsp3) is 0.167. The van der Waals surface area contributed by atoms with Crippen LogP contribution in [0.4, 0.5) is 17.3 Å². The van der Waals surface area contributed by atoms with Crippen molar-refractivity contribution in [3.63, 3.8) is 0 Å². The largest absolute Gasteiger partial charge is 1.00 e. The molecule has 0 radical (unpaired) electrons. The van der Waals surface area contributed by atoms with E-state index >= 15 is 0 Å². The van der Waals surface area contributed by atoms with Crippen molar-refractivity contribution in [2.45, 2.75) is 6.92 Å². The summed E-state index contributed by atoms with van der Waals surface area (Å²) in [6.07, 6.45) is 0.947. The van der Waals surface area contributed by atoms with E-state index in [-0.39, 0.29) is 57.1 Å². The molecule has 1 aromatic heterocycles. The molecule has 1 nitrogen and oxygen atoms in total. The smallest absolute Gasteiger partial charge is 0.445 e. The molecule has 1 heterocycles. The molecule has 0 atom stereocenters. The minimum absolute atomic E-state index is 0. The number of halogens is 4. The van der Waals surface area contributed by atoms with E-state index in [1.165, 1.54) is 6.92 Å². The third kappa shape index (κ3) is 3.32. The fourth-order valence-corrected chi connectivity index (χ4v) is 0.821. The minimum Gasteiger partial charge on any atom is -0.445 e. The second-order valence-electron chi connectivity index (χ2n) is 2.37. The number of aromatic nitrogens is 1. The number of aryl methyl sites for hydroxylation is 1. The zero-order valence-corrected chi connectivity index (χ0v) is 10.3. The van der Waals surface area contributed by atoms with Gasteiger partial charge in [-0.3, -0.25) is 4.98 Å². The maximum Gasteiger partial charge on any atom is 1.00 e. The standard InChI is InChI=1S/C6H5BF4N.K/c1-4-6(8)5(2-3-12-4)7(9,10)11;/h2-3H,1H3;/q-1;+1. The van der Waals surface area contributed by atoms with Gasteiger partial charge in [-0.15, -0.1) is 0 Å². The summed E-state index contributed by atoms with van der Waals surface area (Å²) in [7, 11) is 0. The molecule has 0 unspecified atom stereocenters. The Hall–Kier alpha value is 0.571. The number of nitrogens with zero attached hydrogens (tertiary/aromatic N) is 1. The van der Waals surface area contributed by atoms with Crippen LogP contribution in [0, 0.1) is 12.7 Å². The summed E-state index contributed by atoms with van der Waals surface area (Å²) in [6.45, 7) is -4.07. The minimum atomic E-state index is -5.26. The average Bonchev–Trinajstić information content (AvgIpc) is 1.92. The predicted octanol–water partition coefficient (Wildman–Crippen LogP) is -1.41. The summed E-state index contributed by atoms with van der Waals surface area (Å²) in [5.41, 5.74) is -1.44. The maximum atomic E-state index is 12.7. The molecule has 1 aromatic rings. The Kier molecular flexibility index (Phi) is 5.09. The first kappa shape index (κ1) is 13.6. The molecule has 13 heavy (non-hydrogen) atoms. The van der Waals surface area contributed by atoms with Gasteiger partial charge in [0.05, 0.1) is 5.69 Å². The first-order chi connectivity index (χ1) is 5.43. The molecule has 0 aliphatic carbocycles. The van der Waals surface area contributed by atoms with E-state index in [0.717, 1.165) is 6.20 Å². The summed E-state index contributed by atoms with van der Waals surface area (Å²) < 4.78 is 48.8. The van der Waals surface area contributed by atoms with Gasteiger partial charge in [0.15, 0.2) is 0 Å². The van der Waals surface area contributed by atoms with Crippen LogP contribution in [-0.4, -0.2) is 12.0 Å². The summed E-state index contributed by atoms with van der Waals surface area (Å²) in [5.74, 6) is -1.27. The normalized spacial score (nSPS) is 10.8. The molecule has 0 fully saturated rings. The second kappa shape index (κ2) is 4.88. The van der Waals surface area contributed by atoms with E-state index in [1.54, 1.807) is 0 Å². The van der Waals surface area contributed by atoms with Crippen molar-refractivity contribution in [1.82, 2.24) is 4.98 Å². The Morgan fingerprint density at radius 3 is 2.23 bits per heavy atom. The Morgan fingerprint density at radius 1 is 1.31 bits per heavy atom. The maximum absolute atomic E-state index is 12.7. The van der Waals surface area contributed by atoms with Crippen LogP contribution in [0.3, 0.4) is 0 Å². The van der Waals surface area contributed by atoms with Gasteiger partial charge in [-0.2, -0.15) is 0 Å². The van der Waals surface area contributed by atoms with Crippen molar-refractivity contribution in [3.8, 4) is 0 Å². The fourth-order valence-electron chi connectivity index (χ4n) is 0.821. The second-order valence-corrected chi connectivity index (χ2v) is 2.37. The molecular weight excluding hydrogens is 212 g/mol. The molecule has 0 saturated carbocycles. The summed E-state index contributed by atoms with van der Waals surface area (Å²) in [4.78, 5) is 3.39. The summed E-state index contributed by atoms with van der Waals surface area (Å²) in [6, 6.07) is 0.641. The quantitative estimate of drug-likeness (QED) is 0.416. The Balaban J connectivity index is 0.00000144.